The van der Waals surface area contributed by atoms with Gasteiger partial charge in [-0.05, 0) is 5.92 Å². The highest BCUT2D eigenvalue weighted by atomic mass is 19.3. The largest absolute Gasteiger partial charge is 0.465 e. The lowest BCUT2D eigenvalue weighted by atomic mass is 9.89. The van der Waals surface area contributed by atoms with Gasteiger partial charge in [0.2, 0.25) is 0 Å². The molecule has 0 aromatic heterocycles. The highest BCUT2D eigenvalue weighted by Crippen LogP contribution is 2.33. The number of piperidine rings is 1. The Balaban J connectivity index is 2.83. The van der Waals surface area contributed by atoms with Gasteiger partial charge in [0.05, 0.1) is 12.6 Å². The molecule has 2 unspecified atom stereocenters. The Labute approximate surface area is 80.7 Å². The van der Waals surface area contributed by atoms with Crippen LogP contribution in [0.5, 0.6) is 0 Å². The van der Waals surface area contributed by atoms with Crippen molar-refractivity contribution in [1.82, 2.24) is 4.90 Å². The topological polar surface area (TPSA) is 66.6 Å². The van der Waals surface area contributed by atoms with Crippen LogP contribution in [0, 0.1) is 5.92 Å². The van der Waals surface area contributed by atoms with Crippen LogP contribution < -0.4 is 5.73 Å². The average molecular weight is 208 g/mol. The lowest BCUT2D eigenvalue weighted by molar-refractivity contribution is -0.0927. The number of nitrogens with zero attached hydrogens (tertiary/aromatic N) is 1. The van der Waals surface area contributed by atoms with Crippen LogP contribution in [0.2, 0.25) is 0 Å². The van der Waals surface area contributed by atoms with Crippen LogP contribution in [0.4, 0.5) is 13.6 Å². The summed E-state index contributed by atoms with van der Waals surface area (Å²) in [5.74, 6) is -3.33. The van der Waals surface area contributed by atoms with Gasteiger partial charge < -0.3 is 10.8 Å². The lowest BCUT2D eigenvalue weighted by Crippen LogP contribution is -2.57. The molecule has 14 heavy (non-hydrogen) atoms. The Kier molecular flexibility index (Phi) is 2.94. The van der Waals surface area contributed by atoms with E-state index in [-0.39, 0.29) is 13.0 Å². The fraction of sp³-hybridized carbons (Fsp3) is 0.875. The minimum Gasteiger partial charge on any atom is -0.465 e. The van der Waals surface area contributed by atoms with Crippen LogP contribution in [0.25, 0.3) is 0 Å². The van der Waals surface area contributed by atoms with E-state index in [9.17, 15) is 13.6 Å². The molecular formula is C8H14F2N2O2. The van der Waals surface area contributed by atoms with Crippen molar-refractivity contribution in [3.05, 3.63) is 0 Å². The molecule has 0 aromatic rings. The van der Waals surface area contributed by atoms with Crippen LogP contribution in [-0.4, -0.2) is 41.2 Å². The normalized spacial score (nSPS) is 31.6. The molecule has 0 aliphatic carbocycles. The van der Waals surface area contributed by atoms with E-state index in [0.717, 1.165) is 4.90 Å². The van der Waals surface area contributed by atoms with Gasteiger partial charge in [0.15, 0.2) is 0 Å². The first-order valence-electron chi connectivity index (χ1n) is 4.45. The molecule has 0 aromatic carbocycles. The van der Waals surface area contributed by atoms with Crippen molar-refractivity contribution < 1.29 is 18.7 Å². The third-order valence-electron chi connectivity index (χ3n) is 2.57. The van der Waals surface area contributed by atoms with E-state index in [2.05, 4.69) is 0 Å². The molecule has 1 saturated heterocycles. The highest BCUT2D eigenvalue weighted by Gasteiger charge is 2.45. The van der Waals surface area contributed by atoms with Crippen molar-refractivity contribution in [2.24, 2.45) is 11.7 Å². The smallest absolute Gasteiger partial charge is 0.407 e. The number of rotatable bonds is 1. The maximum Gasteiger partial charge on any atom is 0.407 e. The van der Waals surface area contributed by atoms with Crippen LogP contribution in [-0.2, 0) is 0 Å². The number of nitrogens with two attached hydrogens (primary N) is 1. The molecule has 1 heterocycles. The molecule has 3 N–H and O–H groups in total. The Morgan fingerprint density at radius 3 is 2.71 bits per heavy atom. The summed E-state index contributed by atoms with van der Waals surface area (Å²) in [4.78, 5) is 11.4. The molecule has 4 nitrogen and oxygen atoms in total. The Morgan fingerprint density at radius 2 is 2.29 bits per heavy atom. The van der Waals surface area contributed by atoms with E-state index in [1.165, 1.54) is 0 Å². The number of likely N-dealkylation sites (tertiary alicyclic amines) is 1. The van der Waals surface area contributed by atoms with Crippen molar-refractivity contribution in [2.45, 2.75) is 25.3 Å². The molecule has 6 heteroatoms. The summed E-state index contributed by atoms with van der Waals surface area (Å²) in [6.45, 7) is 0.943. The third kappa shape index (κ3) is 2.12. The van der Waals surface area contributed by atoms with Gasteiger partial charge in [-0.3, -0.25) is 4.90 Å². The SMILES string of the molecule is CC1CC(F)(F)CN(C(=O)O)C1CN. The fourth-order valence-electron chi connectivity index (χ4n) is 1.91. The minimum atomic E-state index is -2.93. The molecule has 1 rings (SSSR count). The van der Waals surface area contributed by atoms with Crippen molar-refractivity contribution in [1.29, 1.82) is 0 Å². The van der Waals surface area contributed by atoms with Gasteiger partial charge in [0, 0.05) is 13.0 Å². The molecule has 82 valence electrons. The standard InChI is InChI=1S/C8H14F2N2O2/c1-5-2-8(9,10)4-12(7(13)14)6(5)3-11/h5-6H,2-4,11H2,1H3,(H,13,14). The van der Waals surface area contributed by atoms with Crippen LogP contribution in [0.1, 0.15) is 13.3 Å². The Hall–Kier alpha value is -0.910. The molecule has 1 aliphatic rings. The van der Waals surface area contributed by atoms with Gasteiger partial charge in [-0.2, -0.15) is 0 Å². The summed E-state index contributed by atoms with van der Waals surface area (Å²) in [7, 11) is 0. The summed E-state index contributed by atoms with van der Waals surface area (Å²) in [6, 6.07) is -0.493. The van der Waals surface area contributed by atoms with E-state index >= 15 is 0 Å². The number of hydrogen-bond donors (Lipinski definition) is 2. The fourth-order valence-corrected chi connectivity index (χ4v) is 1.91. The first-order valence-corrected chi connectivity index (χ1v) is 4.45. The van der Waals surface area contributed by atoms with Crippen LogP contribution in [0.15, 0.2) is 0 Å². The first kappa shape index (κ1) is 11.2. The van der Waals surface area contributed by atoms with Gasteiger partial charge >= 0.3 is 6.09 Å². The molecule has 1 fully saturated rings. The second-order valence-corrected chi connectivity index (χ2v) is 3.75. The maximum absolute atomic E-state index is 13.0. The van der Waals surface area contributed by atoms with E-state index in [1.54, 1.807) is 6.92 Å². The number of carbonyl (C=O) groups is 1. The van der Waals surface area contributed by atoms with Gasteiger partial charge in [-0.15, -0.1) is 0 Å². The third-order valence-corrected chi connectivity index (χ3v) is 2.57. The number of halogens is 2. The van der Waals surface area contributed by atoms with E-state index in [4.69, 9.17) is 10.8 Å². The average Bonchev–Trinajstić information content (AvgIpc) is 2.01. The molecule has 2 atom stereocenters. The molecule has 1 amide bonds. The van der Waals surface area contributed by atoms with E-state index in [0.29, 0.717) is 0 Å². The summed E-state index contributed by atoms with van der Waals surface area (Å²) in [5, 5.41) is 8.73. The lowest BCUT2D eigenvalue weighted by Gasteiger charge is -2.41. The monoisotopic (exact) mass is 208 g/mol. The minimum absolute atomic E-state index is 0.0869. The van der Waals surface area contributed by atoms with E-state index in [1.807, 2.05) is 0 Å². The van der Waals surface area contributed by atoms with Gasteiger partial charge in [-0.1, -0.05) is 6.92 Å². The first-order chi connectivity index (χ1) is 6.37. The predicted octanol–water partition coefficient (Wildman–Crippen LogP) is 0.969. The van der Waals surface area contributed by atoms with Crippen molar-refractivity contribution in [3.63, 3.8) is 0 Å². The van der Waals surface area contributed by atoms with Gasteiger partial charge in [0.1, 0.15) is 0 Å². The number of carboxylic acid groups (broad SMARTS) is 1. The Bertz CT molecular complexity index is 235. The van der Waals surface area contributed by atoms with Crippen molar-refractivity contribution >= 4 is 6.09 Å². The summed E-state index contributed by atoms with van der Waals surface area (Å²) < 4.78 is 26.1. The summed E-state index contributed by atoms with van der Waals surface area (Å²) in [5.41, 5.74) is 5.36. The van der Waals surface area contributed by atoms with Gasteiger partial charge in [-0.25, -0.2) is 13.6 Å². The van der Waals surface area contributed by atoms with Crippen LogP contribution >= 0.6 is 0 Å². The highest BCUT2D eigenvalue weighted by molar-refractivity contribution is 5.65. The quantitative estimate of drug-likeness (QED) is 0.674. The molecule has 0 bridgehead atoms. The molecular weight excluding hydrogens is 194 g/mol. The number of hydrogen-bond acceptors (Lipinski definition) is 2. The molecule has 0 radical (unpaired) electrons. The summed E-state index contributed by atoms with van der Waals surface area (Å²) in [6.07, 6.45) is -1.62. The second kappa shape index (κ2) is 3.68. The zero-order valence-corrected chi connectivity index (χ0v) is 7.91. The molecule has 0 saturated carbocycles. The van der Waals surface area contributed by atoms with Crippen molar-refractivity contribution in [2.75, 3.05) is 13.1 Å². The van der Waals surface area contributed by atoms with E-state index < -0.39 is 30.5 Å². The zero-order chi connectivity index (χ0) is 10.9. The number of alkyl halides is 2. The number of amides is 1. The zero-order valence-electron chi connectivity index (χ0n) is 7.91. The predicted molar refractivity (Wildman–Crippen MR) is 46.3 cm³/mol. The van der Waals surface area contributed by atoms with Crippen LogP contribution in [0.3, 0.4) is 0 Å². The molecule has 0 spiro atoms. The maximum atomic E-state index is 13.0. The van der Waals surface area contributed by atoms with Crippen molar-refractivity contribution in [3.8, 4) is 0 Å². The summed E-state index contributed by atoms with van der Waals surface area (Å²) >= 11 is 0. The second-order valence-electron chi connectivity index (χ2n) is 3.75. The van der Waals surface area contributed by atoms with Gasteiger partial charge in [0.25, 0.3) is 5.92 Å². The Morgan fingerprint density at radius 1 is 1.71 bits per heavy atom. The molecule has 1 aliphatic heterocycles.